The van der Waals surface area contributed by atoms with E-state index in [0.29, 0.717) is 6.42 Å². The number of esters is 1. The molecule has 0 saturated heterocycles. The molecule has 0 saturated carbocycles. The van der Waals surface area contributed by atoms with Crippen molar-refractivity contribution in [2.45, 2.75) is 13.3 Å². The summed E-state index contributed by atoms with van der Waals surface area (Å²) >= 11 is 0.823. The molecule has 72 valence electrons. The van der Waals surface area contributed by atoms with Gasteiger partial charge >= 0.3 is 5.97 Å². The Morgan fingerprint density at radius 2 is 2.17 bits per heavy atom. The van der Waals surface area contributed by atoms with Crippen LogP contribution in [0.4, 0.5) is 0 Å². The first kappa shape index (κ1) is 11.7. The molecule has 0 bridgehead atoms. The second kappa shape index (κ2) is 5.39. The molecule has 1 N–H and O–H groups in total. The van der Waals surface area contributed by atoms with Gasteiger partial charge in [-0.2, -0.15) is 4.13 Å². The van der Waals surface area contributed by atoms with Gasteiger partial charge in [-0.05, 0) is 11.9 Å². The molecule has 0 aliphatic carbocycles. The van der Waals surface area contributed by atoms with Crippen LogP contribution in [0.2, 0.25) is 0 Å². The molecule has 0 unspecified atom stereocenters. The number of rotatable bonds is 5. The third kappa shape index (κ3) is 7.83. The Bertz CT molecular complexity index is 236. The van der Waals surface area contributed by atoms with Crippen LogP contribution in [0.25, 0.3) is 0 Å². The maximum Gasteiger partial charge on any atom is 0.306 e. The number of hydrogen-bond donors (Lipinski definition) is 1. The van der Waals surface area contributed by atoms with Gasteiger partial charge in [0.1, 0.15) is 0 Å². The molecule has 0 radical (unpaired) electrons. The topological polar surface area (TPSA) is 72.5 Å². The van der Waals surface area contributed by atoms with Crippen molar-refractivity contribution in [3.05, 3.63) is 0 Å². The zero-order chi connectivity index (χ0) is 9.61. The average molecular weight is 213 g/mol. The van der Waals surface area contributed by atoms with Crippen LogP contribution >= 0.6 is 11.9 Å². The van der Waals surface area contributed by atoms with E-state index >= 15 is 0 Å². The molecule has 12 heavy (non-hydrogen) atoms. The minimum absolute atomic E-state index is 0.000255. The summed E-state index contributed by atoms with van der Waals surface area (Å²) in [5.74, 6) is -0.350. The highest BCUT2D eigenvalue weighted by Gasteiger charge is 2.01. The first-order chi connectivity index (χ1) is 5.45. The standard InChI is InChI=1S/C5H11NO4S2/c1-3-5(7)10-4-11-6-12(2,8)9/h6H,3-4H2,1-2H3. The van der Waals surface area contributed by atoms with E-state index in [1.807, 2.05) is 0 Å². The highest BCUT2D eigenvalue weighted by Crippen LogP contribution is 1.97. The Hall–Kier alpha value is -0.270. The number of sulfonamides is 1. The van der Waals surface area contributed by atoms with Gasteiger partial charge in [-0.25, -0.2) is 8.42 Å². The molecule has 0 aliphatic rings. The van der Waals surface area contributed by atoms with Gasteiger partial charge in [0, 0.05) is 6.42 Å². The number of carbonyl (C=O) groups is 1. The lowest BCUT2D eigenvalue weighted by atomic mass is 10.5. The Kier molecular flexibility index (Phi) is 5.27. The Morgan fingerprint density at radius 3 is 2.58 bits per heavy atom. The van der Waals surface area contributed by atoms with E-state index in [4.69, 9.17) is 0 Å². The lowest BCUT2D eigenvalue weighted by Crippen LogP contribution is -2.15. The Morgan fingerprint density at radius 1 is 1.58 bits per heavy atom. The lowest BCUT2D eigenvalue weighted by Gasteiger charge is -2.02. The quantitative estimate of drug-likeness (QED) is 0.303. The van der Waals surface area contributed by atoms with Crippen LogP contribution in [0.3, 0.4) is 0 Å². The predicted molar refractivity (Wildman–Crippen MR) is 46.8 cm³/mol. The highest BCUT2D eigenvalue weighted by atomic mass is 32.3. The fourth-order valence-corrected chi connectivity index (χ4v) is 1.57. The fraction of sp³-hybridized carbons (Fsp3) is 0.800. The molecule has 0 amide bonds. The number of nitrogens with one attached hydrogen (secondary N) is 1. The van der Waals surface area contributed by atoms with Crippen LogP contribution in [0.5, 0.6) is 0 Å². The third-order valence-corrected chi connectivity index (χ3v) is 2.70. The lowest BCUT2D eigenvalue weighted by molar-refractivity contribution is -0.140. The van der Waals surface area contributed by atoms with Gasteiger partial charge in [0.15, 0.2) is 5.94 Å². The third-order valence-electron chi connectivity index (χ3n) is 0.778. The van der Waals surface area contributed by atoms with Gasteiger partial charge in [0.05, 0.1) is 6.26 Å². The van der Waals surface area contributed by atoms with Crippen molar-refractivity contribution in [1.82, 2.24) is 4.13 Å². The molecule has 0 heterocycles. The molecule has 0 fully saturated rings. The van der Waals surface area contributed by atoms with Crippen LogP contribution in [0, 0.1) is 0 Å². The Labute approximate surface area is 76.0 Å². The zero-order valence-electron chi connectivity index (χ0n) is 6.86. The van der Waals surface area contributed by atoms with Crippen LogP contribution in [0.1, 0.15) is 13.3 Å². The molecule has 0 atom stereocenters. The van der Waals surface area contributed by atoms with Crippen molar-refractivity contribution in [2.24, 2.45) is 0 Å². The van der Waals surface area contributed by atoms with Crippen molar-refractivity contribution < 1.29 is 17.9 Å². The van der Waals surface area contributed by atoms with E-state index in [-0.39, 0.29) is 11.9 Å². The monoisotopic (exact) mass is 213 g/mol. The zero-order valence-corrected chi connectivity index (χ0v) is 8.50. The molecule has 0 aliphatic heterocycles. The largest absolute Gasteiger partial charge is 0.453 e. The summed E-state index contributed by atoms with van der Waals surface area (Å²) in [4.78, 5) is 10.5. The molecule has 0 rings (SSSR count). The predicted octanol–water partition coefficient (Wildman–Crippen LogP) is 0.0945. The molecular formula is C5H11NO4S2. The Balaban J connectivity index is 3.40. The number of hydrogen-bond acceptors (Lipinski definition) is 5. The van der Waals surface area contributed by atoms with E-state index in [1.165, 1.54) is 0 Å². The van der Waals surface area contributed by atoms with Gasteiger partial charge in [-0.15, -0.1) is 0 Å². The van der Waals surface area contributed by atoms with Crippen molar-refractivity contribution >= 4 is 27.9 Å². The summed E-state index contributed by atoms with van der Waals surface area (Å²) < 4.78 is 27.6. The average Bonchev–Trinajstić information content (AvgIpc) is 1.96. The summed E-state index contributed by atoms with van der Waals surface area (Å²) in [7, 11) is -3.21. The number of carbonyl (C=O) groups excluding carboxylic acids is 1. The second-order valence-corrected chi connectivity index (χ2v) is 4.72. The van der Waals surface area contributed by atoms with E-state index in [0.717, 1.165) is 18.2 Å². The van der Waals surface area contributed by atoms with Crippen LogP contribution in [-0.4, -0.2) is 26.6 Å². The van der Waals surface area contributed by atoms with Gasteiger partial charge in [0.25, 0.3) is 0 Å². The number of ether oxygens (including phenoxy) is 1. The molecule has 0 aromatic rings. The fourth-order valence-electron chi connectivity index (χ4n) is 0.328. The van der Waals surface area contributed by atoms with Crippen LogP contribution in [-0.2, 0) is 19.6 Å². The normalized spacial score (nSPS) is 11.2. The van der Waals surface area contributed by atoms with Crippen molar-refractivity contribution in [1.29, 1.82) is 0 Å². The summed E-state index contributed by atoms with van der Waals surface area (Å²) in [5, 5.41) is 0. The van der Waals surface area contributed by atoms with Gasteiger partial charge in [-0.3, -0.25) is 4.79 Å². The molecule has 0 aromatic heterocycles. The van der Waals surface area contributed by atoms with Crippen molar-refractivity contribution in [2.75, 3.05) is 12.2 Å². The maximum absolute atomic E-state index is 10.5. The highest BCUT2D eigenvalue weighted by molar-refractivity contribution is 8.08. The molecular weight excluding hydrogens is 202 g/mol. The minimum atomic E-state index is -3.21. The smallest absolute Gasteiger partial charge is 0.306 e. The van der Waals surface area contributed by atoms with Crippen LogP contribution < -0.4 is 4.13 Å². The van der Waals surface area contributed by atoms with E-state index in [9.17, 15) is 13.2 Å². The summed E-state index contributed by atoms with van der Waals surface area (Å²) in [5.41, 5.74) is 0. The maximum atomic E-state index is 10.5. The van der Waals surface area contributed by atoms with E-state index < -0.39 is 10.0 Å². The van der Waals surface area contributed by atoms with E-state index in [1.54, 1.807) is 6.92 Å². The second-order valence-electron chi connectivity index (χ2n) is 1.99. The van der Waals surface area contributed by atoms with Crippen LogP contribution in [0.15, 0.2) is 0 Å². The van der Waals surface area contributed by atoms with Crippen molar-refractivity contribution in [3.8, 4) is 0 Å². The summed E-state index contributed by atoms with van der Waals surface area (Å²) in [6.07, 6.45) is 1.32. The van der Waals surface area contributed by atoms with Gasteiger partial charge < -0.3 is 4.74 Å². The molecule has 0 spiro atoms. The molecule has 5 nitrogen and oxygen atoms in total. The first-order valence-electron chi connectivity index (χ1n) is 3.20. The molecule has 7 heteroatoms. The summed E-state index contributed by atoms with van der Waals surface area (Å²) in [6.45, 7) is 1.66. The van der Waals surface area contributed by atoms with Crippen molar-refractivity contribution in [3.63, 3.8) is 0 Å². The van der Waals surface area contributed by atoms with Gasteiger partial charge in [0.2, 0.25) is 10.0 Å². The minimum Gasteiger partial charge on any atom is -0.453 e. The summed E-state index contributed by atoms with van der Waals surface area (Å²) in [6, 6.07) is 0. The SMILES string of the molecule is CCC(=O)OCSNS(C)(=O)=O. The molecule has 0 aromatic carbocycles. The van der Waals surface area contributed by atoms with E-state index in [2.05, 4.69) is 8.86 Å². The van der Waals surface area contributed by atoms with Gasteiger partial charge in [-0.1, -0.05) is 6.92 Å². The first-order valence-corrected chi connectivity index (χ1v) is 6.07.